The summed E-state index contributed by atoms with van der Waals surface area (Å²) in [5.41, 5.74) is 4.64. The van der Waals surface area contributed by atoms with Crippen LogP contribution in [-0.4, -0.2) is 15.1 Å². The van der Waals surface area contributed by atoms with Gasteiger partial charge in [-0.05, 0) is 4.57 Å². The van der Waals surface area contributed by atoms with Crippen molar-refractivity contribution in [1.82, 2.24) is 4.86 Å². The molecule has 0 aromatic heterocycles. The zero-order valence-electron chi connectivity index (χ0n) is 3.94. The molecule has 0 saturated heterocycles. The number of nitrogens with one attached hydrogen (secondary N) is 1. The summed E-state index contributed by atoms with van der Waals surface area (Å²) in [6.07, 6.45) is 0. The Hall–Kier alpha value is 0.380. The fourth-order valence-electron chi connectivity index (χ4n) is 0.154. The molecule has 0 aromatic carbocycles. The number of hydrogen-bond donors (Lipinski definition) is 2. The molecule has 0 aliphatic rings. The molecule has 0 rings (SSSR count). The first-order chi connectivity index (χ1) is 3.42. The summed E-state index contributed by atoms with van der Waals surface area (Å²) in [6, 6.07) is 0. The Morgan fingerprint density at radius 1 is 1.62 bits per heavy atom. The van der Waals surface area contributed by atoms with Gasteiger partial charge in [-0.25, -0.2) is 0 Å². The van der Waals surface area contributed by atoms with Crippen molar-refractivity contribution in [2.24, 2.45) is 5.50 Å². The first-order valence-electron chi connectivity index (χ1n) is 1.59. The van der Waals surface area contributed by atoms with Crippen LogP contribution in [0.2, 0.25) is 0 Å². The number of hydrogen-bond acceptors (Lipinski definition) is 2. The van der Waals surface area contributed by atoms with Gasteiger partial charge in [-0.3, -0.25) is 0 Å². The van der Waals surface area contributed by atoms with Crippen LogP contribution < -0.4 is 10.4 Å². The molecule has 8 heavy (non-hydrogen) atoms. The Labute approximate surface area is 50.6 Å². The number of rotatable bonds is 2. The molecular formula is H3B2N2O2P2+. The average molecular weight is 147 g/mol. The molecule has 0 fully saturated rings. The molecule has 0 bridgehead atoms. The topological polar surface area (TPSA) is 72.2 Å². The zero-order chi connectivity index (χ0) is 6.78. The molecule has 0 saturated carbocycles. The summed E-state index contributed by atoms with van der Waals surface area (Å²) in [6.45, 7) is 0. The van der Waals surface area contributed by atoms with E-state index in [4.69, 9.17) is 15.1 Å². The summed E-state index contributed by atoms with van der Waals surface area (Å²) < 4.78 is 20.1. The molecule has 4 nitrogen and oxygen atoms in total. The monoisotopic (exact) mass is 147 g/mol. The largest absolute Gasteiger partial charge is 0.534 e. The van der Waals surface area contributed by atoms with Gasteiger partial charge in [0.15, 0.2) is 15.1 Å². The first kappa shape index (κ1) is 8.38. The zero-order valence-corrected chi connectivity index (χ0v) is 5.73. The second-order valence-corrected chi connectivity index (χ2v) is 4.01. The van der Waals surface area contributed by atoms with Gasteiger partial charge in [-0.2, -0.15) is 0 Å². The van der Waals surface area contributed by atoms with Crippen LogP contribution in [0.1, 0.15) is 0 Å². The lowest BCUT2D eigenvalue weighted by Gasteiger charge is -1.94. The van der Waals surface area contributed by atoms with Crippen LogP contribution in [0.25, 0.3) is 0 Å². The summed E-state index contributed by atoms with van der Waals surface area (Å²) in [5, 5.41) is 0. The minimum Gasteiger partial charge on any atom is -0.327 e. The Morgan fingerprint density at radius 2 is 2.00 bits per heavy atom. The van der Waals surface area contributed by atoms with Crippen molar-refractivity contribution in [2.75, 3.05) is 0 Å². The highest BCUT2D eigenvalue weighted by molar-refractivity contribution is 8.06. The standard InChI is InChI=1S/B2H3N2O2P2/c1-8(2,6)4-7(3)5/h(H3,3,4,5,6)/q+1. The highest BCUT2D eigenvalue weighted by Gasteiger charge is 2.16. The van der Waals surface area contributed by atoms with Crippen molar-refractivity contribution in [3.63, 3.8) is 0 Å². The third-order valence-corrected chi connectivity index (χ3v) is 2.29. The normalized spacial score (nSPS) is 13.4. The van der Waals surface area contributed by atoms with Crippen LogP contribution >= 0.6 is 15.2 Å². The van der Waals surface area contributed by atoms with E-state index < -0.39 is 15.2 Å². The maximum Gasteiger partial charge on any atom is 0.534 e. The second kappa shape index (κ2) is 2.79. The van der Waals surface area contributed by atoms with Gasteiger partial charge in [-0.15, -0.1) is 5.50 Å². The molecule has 0 aromatic rings. The molecule has 1 unspecified atom stereocenters. The van der Waals surface area contributed by atoms with E-state index in [1.807, 2.05) is 0 Å². The predicted molar refractivity (Wildman–Crippen MR) is 34.0 cm³/mol. The van der Waals surface area contributed by atoms with Crippen LogP contribution in [0.5, 0.6) is 0 Å². The van der Waals surface area contributed by atoms with Crippen molar-refractivity contribution in [3.05, 3.63) is 0 Å². The molecule has 0 heterocycles. The van der Waals surface area contributed by atoms with E-state index in [2.05, 4.69) is 5.50 Å². The van der Waals surface area contributed by atoms with E-state index >= 15 is 0 Å². The summed E-state index contributed by atoms with van der Waals surface area (Å²) >= 11 is 0. The first-order valence-corrected chi connectivity index (χ1v) is 4.76. The van der Waals surface area contributed by atoms with Gasteiger partial charge in [0, 0.05) is 0 Å². The van der Waals surface area contributed by atoms with E-state index in [-0.39, 0.29) is 0 Å². The van der Waals surface area contributed by atoms with E-state index in [1.54, 1.807) is 4.86 Å². The van der Waals surface area contributed by atoms with Gasteiger partial charge < -0.3 is 4.57 Å². The van der Waals surface area contributed by atoms with E-state index in [9.17, 15) is 9.13 Å². The van der Waals surface area contributed by atoms with Crippen LogP contribution in [0.3, 0.4) is 0 Å². The van der Waals surface area contributed by atoms with Gasteiger partial charge in [-0.1, -0.05) is 4.86 Å². The molecule has 1 atom stereocenters. The van der Waals surface area contributed by atoms with Crippen molar-refractivity contribution < 1.29 is 9.13 Å². The van der Waals surface area contributed by atoms with Crippen LogP contribution in [0, 0.1) is 0 Å². The lowest BCUT2D eigenvalue weighted by molar-refractivity contribution is 0.579. The lowest BCUT2D eigenvalue weighted by atomic mass is 10.7. The summed E-state index contributed by atoms with van der Waals surface area (Å²) in [7, 11) is 3.81. The third kappa shape index (κ3) is 6.38. The van der Waals surface area contributed by atoms with Crippen LogP contribution in [0.15, 0.2) is 0 Å². The minimum atomic E-state index is -3.38. The Bertz CT molecular complexity index is 139. The van der Waals surface area contributed by atoms with Gasteiger partial charge in [0.25, 0.3) is 0 Å². The minimum absolute atomic E-state index is 1.78. The van der Waals surface area contributed by atoms with Gasteiger partial charge in [0.2, 0.25) is 0 Å². The maximum absolute atomic E-state index is 10.2. The third-order valence-electron chi connectivity index (χ3n) is 0.255. The SMILES string of the molecule is [B]P([B])(=O)N[P+](N)=O. The fraction of sp³-hybridized carbons (Fsp3) is 0. The fourth-order valence-corrected chi connectivity index (χ4v) is 1.39. The van der Waals surface area contributed by atoms with Crippen LogP contribution in [-0.2, 0) is 9.13 Å². The molecule has 0 spiro atoms. The maximum atomic E-state index is 10.2. The van der Waals surface area contributed by atoms with Crippen molar-refractivity contribution in [3.8, 4) is 0 Å². The highest BCUT2D eigenvalue weighted by atomic mass is 31.2. The smallest absolute Gasteiger partial charge is 0.327 e. The Morgan fingerprint density at radius 3 is 2.00 bits per heavy atom. The Kier molecular flexibility index (Phi) is 2.92. The molecule has 0 aliphatic carbocycles. The molecule has 0 amide bonds. The van der Waals surface area contributed by atoms with Crippen LogP contribution in [0.4, 0.5) is 0 Å². The van der Waals surface area contributed by atoms with Gasteiger partial charge in [0.05, 0.1) is 7.05 Å². The molecule has 8 heteroatoms. The molecule has 4 radical (unpaired) electrons. The lowest BCUT2D eigenvalue weighted by Crippen LogP contribution is -2.03. The molecule has 3 N–H and O–H groups in total. The van der Waals surface area contributed by atoms with Gasteiger partial charge >= 0.3 is 8.10 Å². The van der Waals surface area contributed by atoms with Crippen molar-refractivity contribution in [1.29, 1.82) is 0 Å². The second-order valence-electron chi connectivity index (χ2n) is 1.14. The number of nitrogens with two attached hydrogens (primary N) is 1. The van der Waals surface area contributed by atoms with E-state index in [0.717, 1.165) is 0 Å². The van der Waals surface area contributed by atoms with Crippen molar-refractivity contribution in [2.45, 2.75) is 0 Å². The van der Waals surface area contributed by atoms with E-state index in [0.29, 0.717) is 0 Å². The molecule has 40 valence electrons. The van der Waals surface area contributed by atoms with Gasteiger partial charge in [0.1, 0.15) is 0 Å². The Balaban J connectivity index is 3.74. The predicted octanol–water partition coefficient (Wildman–Crippen LogP) is -0.363. The quantitative estimate of drug-likeness (QED) is 0.412. The molecule has 0 aliphatic heterocycles. The average Bonchev–Trinajstić information content (AvgIpc) is 1.21. The highest BCUT2D eigenvalue weighted by Crippen LogP contribution is 2.32. The molecular weight excluding hydrogens is 144 g/mol. The summed E-state index contributed by atoms with van der Waals surface area (Å²) in [4.78, 5) is 1.78. The van der Waals surface area contributed by atoms with Crippen molar-refractivity contribution >= 4 is 30.3 Å². The van der Waals surface area contributed by atoms with E-state index in [1.165, 1.54) is 0 Å². The summed E-state index contributed by atoms with van der Waals surface area (Å²) in [5.74, 6) is 0.